The van der Waals surface area contributed by atoms with Crippen LogP contribution < -0.4 is 5.56 Å². The maximum atomic E-state index is 12.1. The van der Waals surface area contributed by atoms with Crippen LogP contribution in [0.1, 0.15) is 39.0 Å². The van der Waals surface area contributed by atoms with Crippen LogP contribution in [0.3, 0.4) is 0 Å². The Morgan fingerprint density at radius 1 is 1.33 bits per heavy atom. The zero-order chi connectivity index (χ0) is 13.5. The van der Waals surface area contributed by atoms with Crippen molar-refractivity contribution in [2.24, 2.45) is 0 Å². The van der Waals surface area contributed by atoms with Crippen molar-refractivity contribution in [3.05, 3.63) is 39.9 Å². The lowest BCUT2D eigenvalue weighted by Crippen LogP contribution is -2.19. The van der Waals surface area contributed by atoms with Crippen LogP contribution in [0.15, 0.2) is 23.1 Å². The number of aromatic hydroxyl groups is 1. The molecule has 96 valence electrons. The number of aromatic nitrogens is 2. The third-order valence-corrected chi connectivity index (χ3v) is 3.07. The minimum atomic E-state index is -0.400. The van der Waals surface area contributed by atoms with Gasteiger partial charge in [0.1, 0.15) is 5.65 Å². The summed E-state index contributed by atoms with van der Waals surface area (Å²) in [5, 5.41) is 9.79. The first-order valence-electron chi connectivity index (χ1n) is 6.09. The molecule has 0 radical (unpaired) electrons. The molecule has 2 aromatic rings. The Morgan fingerprint density at radius 2 is 2.00 bits per heavy atom. The molecule has 0 aromatic carbocycles. The normalized spacial score (nSPS) is 12.0. The van der Waals surface area contributed by atoms with E-state index in [4.69, 9.17) is 0 Å². The highest BCUT2D eigenvalue weighted by molar-refractivity contribution is 5.44. The Labute approximate surface area is 106 Å². The topological polar surface area (TPSA) is 54.6 Å². The van der Waals surface area contributed by atoms with Gasteiger partial charge < -0.3 is 5.11 Å². The summed E-state index contributed by atoms with van der Waals surface area (Å²) < 4.78 is 1.41. The van der Waals surface area contributed by atoms with Gasteiger partial charge in [0.15, 0.2) is 0 Å². The van der Waals surface area contributed by atoms with Gasteiger partial charge in [-0.1, -0.05) is 33.8 Å². The van der Waals surface area contributed by atoms with Gasteiger partial charge in [-0.2, -0.15) is 0 Å². The van der Waals surface area contributed by atoms with Crippen molar-refractivity contribution in [3.8, 4) is 5.75 Å². The van der Waals surface area contributed by atoms with Crippen LogP contribution in [0.4, 0.5) is 0 Å². The van der Waals surface area contributed by atoms with Gasteiger partial charge in [0.05, 0.1) is 5.69 Å². The predicted molar refractivity (Wildman–Crippen MR) is 71.2 cm³/mol. The summed E-state index contributed by atoms with van der Waals surface area (Å²) in [5.41, 5.74) is 1.60. The monoisotopic (exact) mass is 246 g/mol. The summed E-state index contributed by atoms with van der Waals surface area (Å²) in [7, 11) is 0. The second-order valence-electron chi connectivity index (χ2n) is 5.46. The van der Waals surface area contributed by atoms with Crippen LogP contribution in [0.25, 0.3) is 5.65 Å². The number of pyridine rings is 1. The summed E-state index contributed by atoms with van der Waals surface area (Å²) in [4.78, 5) is 16.4. The van der Waals surface area contributed by atoms with E-state index in [1.807, 2.05) is 19.1 Å². The van der Waals surface area contributed by atoms with E-state index in [9.17, 15) is 9.90 Å². The Bertz CT molecular complexity index is 651. The number of hydrogen-bond acceptors (Lipinski definition) is 3. The molecule has 0 aliphatic heterocycles. The average Bonchev–Trinajstić information content (AvgIpc) is 2.32. The van der Waals surface area contributed by atoms with E-state index < -0.39 is 5.56 Å². The lowest BCUT2D eigenvalue weighted by atomic mass is 9.88. The first-order valence-corrected chi connectivity index (χ1v) is 6.09. The second kappa shape index (κ2) is 4.12. The maximum absolute atomic E-state index is 12.1. The largest absolute Gasteiger partial charge is 0.502 e. The van der Waals surface area contributed by atoms with E-state index in [2.05, 4.69) is 25.8 Å². The Balaban J connectivity index is 2.79. The third kappa shape index (κ3) is 1.98. The Morgan fingerprint density at radius 3 is 2.56 bits per heavy atom. The van der Waals surface area contributed by atoms with Crippen LogP contribution in [0, 0.1) is 0 Å². The van der Waals surface area contributed by atoms with Gasteiger partial charge in [0.25, 0.3) is 5.56 Å². The van der Waals surface area contributed by atoms with Gasteiger partial charge in [-0.25, -0.2) is 4.98 Å². The minimum Gasteiger partial charge on any atom is -0.502 e. The molecule has 18 heavy (non-hydrogen) atoms. The maximum Gasteiger partial charge on any atom is 0.300 e. The van der Waals surface area contributed by atoms with E-state index in [0.717, 1.165) is 5.56 Å². The molecular weight excluding hydrogens is 228 g/mol. The van der Waals surface area contributed by atoms with E-state index in [1.54, 1.807) is 6.20 Å². The van der Waals surface area contributed by atoms with Crippen LogP contribution >= 0.6 is 0 Å². The minimum absolute atomic E-state index is 0.0489. The fraction of sp³-hybridized carbons (Fsp3) is 0.429. The molecular formula is C14H18N2O2. The zero-order valence-electron chi connectivity index (χ0n) is 11.2. The number of fused-ring (bicyclic) bond motifs is 1. The van der Waals surface area contributed by atoms with E-state index in [0.29, 0.717) is 17.8 Å². The standard InChI is InChI=1S/C14H18N2O2/c1-5-10-12(17)13(18)16-8-9(14(2,3)4)6-7-11(16)15-10/h6-8,17H,5H2,1-4H3. The Hall–Kier alpha value is -1.84. The number of nitrogens with zero attached hydrogens (tertiary/aromatic N) is 2. The van der Waals surface area contributed by atoms with E-state index in [1.165, 1.54) is 4.40 Å². The fourth-order valence-corrected chi connectivity index (χ4v) is 1.87. The van der Waals surface area contributed by atoms with Crippen molar-refractivity contribution in [3.63, 3.8) is 0 Å². The molecule has 4 nitrogen and oxygen atoms in total. The van der Waals surface area contributed by atoms with E-state index >= 15 is 0 Å². The highest BCUT2D eigenvalue weighted by Gasteiger charge is 2.16. The smallest absolute Gasteiger partial charge is 0.300 e. The van der Waals surface area contributed by atoms with Crippen molar-refractivity contribution in [1.29, 1.82) is 0 Å². The predicted octanol–water partition coefficient (Wildman–Crippen LogP) is 2.26. The lowest BCUT2D eigenvalue weighted by molar-refractivity contribution is 0.454. The van der Waals surface area contributed by atoms with Crippen LogP contribution in [-0.2, 0) is 11.8 Å². The first kappa shape index (κ1) is 12.6. The molecule has 0 aliphatic carbocycles. The molecule has 0 amide bonds. The molecule has 0 bridgehead atoms. The van der Waals surface area contributed by atoms with Gasteiger partial charge >= 0.3 is 0 Å². The molecule has 0 fully saturated rings. The molecule has 2 aromatic heterocycles. The second-order valence-corrected chi connectivity index (χ2v) is 5.46. The third-order valence-electron chi connectivity index (χ3n) is 3.07. The summed E-state index contributed by atoms with van der Waals surface area (Å²) in [6.07, 6.45) is 2.29. The first-order chi connectivity index (χ1) is 8.34. The lowest BCUT2D eigenvalue weighted by Gasteiger charge is -2.19. The number of rotatable bonds is 1. The van der Waals surface area contributed by atoms with Gasteiger partial charge in [0, 0.05) is 6.20 Å². The van der Waals surface area contributed by atoms with Gasteiger partial charge in [-0.3, -0.25) is 9.20 Å². The molecule has 2 rings (SSSR count). The van der Waals surface area contributed by atoms with E-state index in [-0.39, 0.29) is 11.2 Å². The Kier molecular flexibility index (Phi) is 2.89. The number of aryl methyl sites for hydroxylation is 1. The molecule has 1 N–H and O–H groups in total. The highest BCUT2D eigenvalue weighted by Crippen LogP contribution is 2.22. The summed E-state index contributed by atoms with van der Waals surface area (Å²) in [5.74, 6) is -0.249. The van der Waals surface area contributed by atoms with Gasteiger partial charge in [-0.05, 0) is 23.5 Å². The summed E-state index contributed by atoms with van der Waals surface area (Å²) >= 11 is 0. The SMILES string of the molecule is CCc1nc2ccc(C(C)(C)C)cn2c(=O)c1O. The van der Waals surface area contributed by atoms with Crippen molar-refractivity contribution >= 4 is 5.65 Å². The summed E-state index contributed by atoms with van der Waals surface area (Å²) in [6, 6.07) is 3.79. The van der Waals surface area contributed by atoms with Gasteiger partial charge in [0.2, 0.25) is 5.75 Å². The highest BCUT2D eigenvalue weighted by atomic mass is 16.3. The molecule has 0 unspecified atom stereocenters. The molecule has 0 saturated carbocycles. The zero-order valence-corrected chi connectivity index (χ0v) is 11.2. The van der Waals surface area contributed by atoms with Crippen molar-refractivity contribution in [1.82, 2.24) is 9.38 Å². The van der Waals surface area contributed by atoms with Crippen molar-refractivity contribution < 1.29 is 5.11 Å². The van der Waals surface area contributed by atoms with Crippen LogP contribution in [0.5, 0.6) is 5.75 Å². The molecule has 0 saturated heterocycles. The molecule has 4 heteroatoms. The average molecular weight is 246 g/mol. The molecule has 0 aliphatic rings. The summed E-state index contributed by atoms with van der Waals surface area (Å²) in [6.45, 7) is 8.09. The van der Waals surface area contributed by atoms with Gasteiger partial charge in [-0.15, -0.1) is 0 Å². The van der Waals surface area contributed by atoms with Crippen molar-refractivity contribution in [2.75, 3.05) is 0 Å². The van der Waals surface area contributed by atoms with Crippen LogP contribution in [-0.4, -0.2) is 14.5 Å². The molecule has 0 atom stereocenters. The van der Waals surface area contributed by atoms with Crippen LogP contribution in [0.2, 0.25) is 0 Å². The quantitative estimate of drug-likeness (QED) is 0.839. The molecule has 2 heterocycles. The fourth-order valence-electron chi connectivity index (χ4n) is 1.87. The number of hydrogen-bond donors (Lipinski definition) is 1. The van der Waals surface area contributed by atoms with Crippen molar-refractivity contribution in [2.45, 2.75) is 39.5 Å². The molecule has 0 spiro atoms.